The lowest BCUT2D eigenvalue weighted by molar-refractivity contribution is 0.412. The van der Waals surface area contributed by atoms with Crippen molar-refractivity contribution in [2.45, 2.75) is 25.4 Å². The van der Waals surface area contributed by atoms with E-state index in [2.05, 4.69) is 55.4 Å². The third-order valence-electron chi connectivity index (χ3n) is 3.31. The number of halogens is 2. The second kappa shape index (κ2) is 6.18. The van der Waals surface area contributed by atoms with Gasteiger partial charge in [0.2, 0.25) is 0 Å². The van der Waals surface area contributed by atoms with Crippen molar-refractivity contribution < 1.29 is 4.74 Å². The second-order valence-electron chi connectivity index (χ2n) is 4.89. The fourth-order valence-corrected chi connectivity index (χ4v) is 4.51. The van der Waals surface area contributed by atoms with Crippen LogP contribution in [0.5, 0.6) is 5.75 Å². The van der Waals surface area contributed by atoms with Crippen molar-refractivity contribution in [1.29, 1.82) is 0 Å². The van der Waals surface area contributed by atoms with Gasteiger partial charge in [-0.1, -0.05) is 15.9 Å². The summed E-state index contributed by atoms with van der Waals surface area (Å²) in [6.45, 7) is 0.973. The first kappa shape index (κ1) is 14.6. The molecule has 1 aromatic carbocycles. The Morgan fingerprint density at radius 3 is 2.75 bits per heavy atom. The maximum absolute atomic E-state index is 5.38. The van der Waals surface area contributed by atoms with Crippen LogP contribution >= 0.6 is 43.2 Å². The number of ether oxygens (including phenoxy) is 1. The Labute approximate surface area is 139 Å². The average molecular weight is 417 g/mol. The largest absolute Gasteiger partial charge is 0.496 e. The predicted molar refractivity (Wildman–Crippen MR) is 91.6 cm³/mol. The van der Waals surface area contributed by atoms with Gasteiger partial charge in [0.25, 0.3) is 0 Å². The first-order valence-corrected chi connectivity index (χ1v) is 8.93. The van der Waals surface area contributed by atoms with Crippen LogP contribution in [-0.2, 0) is 6.54 Å². The van der Waals surface area contributed by atoms with Crippen LogP contribution in [-0.4, -0.2) is 13.2 Å². The van der Waals surface area contributed by atoms with Crippen LogP contribution in [0.1, 0.15) is 17.7 Å². The summed E-state index contributed by atoms with van der Waals surface area (Å²) in [6.07, 6.45) is 2.65. The number of rotatable bonds is 5. The molecule has 2 nitrogen and oxygen atoms in total. The van der Waals surface area contributed by atoms with Crippen molar-refractivity contribution in [3.8, 4) is 16.2 Å². The minimum atomic E-state index is 0.750. The van der Waals surface area contributed by atoms with E-state index >= 15 is 0 Å². The average Bonchev–Trinajstić information content (AvgIpc) is 3.15. The number of benzene rings is 1. The molecule has 0 saturated heterocycles. The van der Waals surface area contributed by atoms with Crippen LogP contribution in [0.3, 0.4) is 0 Å². The Kier molecular flexibility index (Phi) is 4.50. The Bertz CT molecular complexity index is 622. The van der Waals surface area contributed by atoms with E-state index in [1.807, 2.05) is 17.4 Å². The van der Waals surface area contributed by atoms with Crippen molar-refractivity contribution in [2.24, 2.45) is 0 Å². The minimum absolute atomic E-state index is 0.750. The molecular formula is C15H15Br2NOS. The molecule has 0 amide bonds. The Balaban J connectivity index is 1.84. The van der Waals surface area contributed by atoms with Gasteiger partial charge in [-0.25, -0.2) is 0 Å². The monoisotopic (exact) mass is 415 g/mol. The van der Waals surface area contributed by atoms with Crippen LogP contribution < -0.4 is 10.1 Å². The third kappa shape index (κ3) is 3.27. The summed E-state index contributed by atoms with van der Waals surface area (Å²) in [7, 11) is 1.69. The predicted octanol–water partition coefficient (Wildman–Crippen LogP) is 5.20. The van der Waals surface area contributed by atoms with Crippen LogP contribution in [0.15, 0.2) is 33.2 Å². The van der Waals surface area contributed by atoms with Crippen LogP contribution in [0.25, 0.3) is 10.4 Å². The van der Waals surface area contributed by atoms with Crippen LogP contribution in [0.2, 0.25) is 0 Å². The maximum atomic E-state index is 5.38. The number of thiophene rings is 1. The van der Waals surface area contributed by atoms with Crippen molar-refractivity contribution in [3.63, 3.8) is 0 Å². The van der Waals surface area contributed by atoms with E-state index in [1.54, 1.807) is 7.11 Å². The van der Waals surface area contributed by atoms with Gasteiger partial charge in [0.15, 0.2) is 0 Å². The molecule has 1 heterocycles. The van der Waals surface area contributed by atoms with Gasteiger partial charge in [-0.15, -0.1) is 11.3 Å². The van der Waals surface area contributed by atoms with E-state index < -0.39 is 0 Å². The third-order valence-corrected chi connectivity index (χ3v) is 5.71. The molecule has 0 aliphatic heterocycles. The second-order valence-corrected chi connectivity index (χ2v) is 7.76. The molecule has 0 bridgehead atoms. The molecule has 0 atom stereocenters. The highest BCUT2D eigenvalue weighted by Crippen LogP contribution is 2.39. The van der Waals surface area contributed by atoms with Gasteiger partial charge in [-0.2, -0.15) is 0 Å². The molecule has 106 valence electrons. The van der Waals surface area contributed by atoms with Crippen molar-refractivity contribution in [3.05, 3.63) is 38.1 Å². The SMILES string of the molecule is COc1cc(-c2ccc(CNC3CC3)s2)c(Br)cc1Br. The molecular weight excluding hydrogens is 402 g/mol. The normalized spacial score (nSPS) is 14.6. The molecule has 1 aliphatic rings. The van der Waals surface area contributed by atoms with Crippen LogP contribution in [0, 0.1) is 0 Å². The van der Waals surface area contributed by atoms with E-state index in [4.69, 9.17) is 4.74 Å². The first-order chi connectivity index (χ1) is 9.67. The Hall–Kier alpha value is -0.360. The van der Waals surface area contributed by atoms with Crippen molar-refractivity contribution in [1.82, 2.24) is 5.32 Å². The topological polar surface area (TPSA) is 21.3 Å². The smallest absolute Gasteiger partial charge is 0.133 e. The van der Waals surface area contributed by atoms with Gasteiger partial charge in [0.05, 0.1) is 11.6 Å². The number of hydrogen-bond donors (Lipinski definition) is 1. The fourth-order valence-electron chi connectivity index (χ4n) is 2.02. The van der Waals surface area contributed by atoms with Gasteiger partial charge in [0.1, 0.15) is 5.75 Å². The van der Waals surface area contributed by atoms with Gasteiger partial charge >= 0.3 is 0 Å². The standard InChI is InChI=1S/C15H15Br2NOS/c1-19-14-6-11(12(16)7-13(14)17)15-5-4-10(20-15)8-18-9-2-3-9/h4-7,9,18H,2-3,8H2,1H3. The summed E-state index contributed by atoms with van der Waals surface area (Å²) in [5, 5.41) is 3.55. The summed E-state index contributed by atoms with van der Waals surface area (Å²) in [5.74, 6) is 0.856. The van der Waals surface area contributed by atoms with E-state index in [0.29, 0.717) is 0 Å². The molecule has 20 heavy (non-hydrogen) atoms. The molecule has 1 N–H and O–H groups in total. The lowest BCUT2D eigenvalue weighted by Crippen LogP contribution is -2.14. The fraction of sp³-hybridized carbons (Fsp3) is 0.333. The summed E-state index contributed by atoms with van der Waals surface area (Å²) in [5.41, 5.74) is 1.17. The zero-order chi connectivity index (χ0) is 14.1. The molecule has 0 radical (unpaired) electrons. The minimum Gasteiger partial charge on any atom is -0.496 e. The Morgan fingerprint density at radius 1 is 1.25 bits per heavy atom. The van der Waals surface area contributed by atoms with Gasteiger partial charge < -0.3 is 10.1 Å². The van der Waals surface area contributed by atoms with Gasteiger partial charge in [-0.05, 0) is 53.0 Å². The van der Waals surface area contributed by atoms with E-state index in [-0.39, 0.29) is 0 Å². The molecule has 5 heteroatoms. The van der Waals surface area contributed by atoms with E-state index in [1.165, 1.54) is 28.2 Å². The molecule has 3 rings (SSSR count). The number of hydrogen-bond acceptors (Lipinski definition) is 3. The van der Waals surface area contributed by atoms with Crippen molar-refractivity contribution >= 4 is 43.2 Å². The lowest BCUT2D eigenvalue weighted by atomic mass is 10.2. The molecule has 1 fully saturated rings. The summed E-state index contributed by atoms with van der Waals surface area (Å²) < 4.78 is 7.42. The molecule has 0 spiro atoms. The lowest BCUT2D eigenvalue weighted by Gasteiger charge is -2.08. The summed E-state index contributed by atoms with van der Waals surface area (Å²) in [4.78, 5) is 2.64. The first-order valence-electron chi connectivity index (χ1n) is 6.53. The Morgan fingerprint density at radius 2 is 2.05 bits per heavy atom. The molecule has 1 aromatic heterocycles. The quantitative estimate of drug-likeness (QED) is 0.722. The highest BCUT2D eigenvalue weighted by molar-refractivity contribution is 9.11. The van der Waals surface area contributed by atoms with Crippen LogP contribution in [0.4, 0.5) is 0 Å². The molecule has 2 aromatic rings. The highest BCUT2D eigenvalue weighted by Gasteiger charge is 2.20. The molecule has 1 aliphatic carbocycles. The molecule has 0 unspecified atom stereocenters. The maximum Gasteiger partial charge on any atom is 0.133 e. The summed E-state index contributed by atoms with van der Waals surface area (Å²) in [6, 6.07) is 9.24. The van der Waals surface area contributed by atoms with Gasteiger partial charge in [0, 0.05) is 32.4 Å². The number of methoxy groups -OCH3 is 1. The van der Waals surface area contributed by atoms with Crippen molar-refractivity contribution in [2.75, 3.05) is 7.11 Å². The van der Waals surface area contributed by atoms with E-state index in [0.717, 1.165) is 27.3 Å². The zero-order valence-electron chi connectivity index (χ0n) is 11.1. The summed E-state index contributed by atoms with van der Waals surface area (Å²) >= 11 is 8.97. The van der Waals surface area contributed by atoms with Gasteiger partial charge in [-0.3, -0.25) is 0 Å². The zero-order valence-corrected chi connectivity index (χ0v) is 15.1. The highest BCUT2D eigenvalue weighted by atomic mass is 79.9. The van der Waals surface area contributed by atoms with E-state index in [9.17, 15) is 0 Å². The number of nitrogens with one attached hydrogen (secondary N) is 1. The molecule has 1 saturated carbocycles.